The lowest BCUT2D eigenvalue weighted by molar-refractivity contribution is 0.195. The van der Waals surface area contributed by atoms with E-state index in [0.29, 0.717) is 0 Å². The molecule has 2 unspecified atom stereocenters. The Hall–Kier alpha value is -7.34. The molecule has 0 aromatic heterocycles. The highest BCUT2D eigenvalue weighted by Gasteiger charge is 2.60. The van der Waals surface area contributed by atoms with Gasteiger partial charge in [-0.3, -0.25) is 0 Å². The van der Waals surface area contributed by atoms with Gasteiger partial charge in [-0.1, -0.05) is 195 Å². The van der Waals surface area contributed by atoms with Gasteiger partial charge in [0.1, 0.15) is 0 Å². The zero-order valence-electron chi connectivity index (χ0n) is 46.7. The number of anilines is 8. The molecule has 0 saturated heterocycles. The summed E-state index contributed by atoms with van der Waals surface area (Å²) in [5.74, 6) is 0. The Kier molecular flexibility index (Phi) is 10.5. The molecular formula is C72H70BN3Si. The largest absolute Gasteiger partial charge is 0.334 e. The van der Waals surface area contributed by atoms with Gasteiger partial charge in [0.05, 0.1) is 5.54 Å². The van der Waals surface area contributed by atoms with Crippen LogP contribution < -0.4 is 51.8 Å². The van der Waals surface area contributed by atoms with Gasteiger partial charge in [0.15, 0.2) is 8.07 Å². The van der Waals surface area contributed by atoms with E-state index in [1.807, 2.05) is 0 Å². The van der Waals surface area contributed by atoms with E-state index in [1.165, 1.54) is 134 Å². The van der Waals surface area contributed by atoms with E-state index in [9.17, 15) is 0 Å². The molecule has 3 nitrogen and oxygen atoms in total. The van der Waals surface area contributed by atoms with Crippen LogP contribution in [0.15, 0.2) is 194 Å². The number of hydrogen-bond donors (Lipinski definition) is 0. The van der Waals surface area contributed by atoms with Gasteiger partial charge in [-0.05, 0) is 181 Å². The fraction of sp³-hybridized carbons (Fsp3) is 0.250. The minimum atomic E-state index is -3.05. The van der Waals surface area contributed by atoms with E-state index in [2.05, 4.69) is 278 Å². The standard InChI is InChI=1S/C72H70BN3Si/c1-47-40-60-67-64(42-47)77(56-24-16-12-17-25-56,57-26-18-13-19-27-57)65-43-48(2)41-61-68(65)73(67)66-62(74(60)53-33-29-51(30-34-53)69(3,4)5)45-55(46-63(66)75(61)54-35-31-52(32-36-54)70(6,7)8)76-59-37-28-50(49-22-14-11-15-23-49)44-58(59)71(9)38-20-21-39-72(71,76)10/h11-19,22-37,40-46H,20-21,38-39H2,1-10H3. The highest BCUT2D eigenvalue weighted by molar-refractivity contribution is 7.27. The number of benzene rings is 9. The highest BCUT2D eigenvalue weighted by atomic mass is 28.3. The Morgan fingerprint density at radius 1 is 0.429 bits per heavy atom. The SMILES string of the molecule is Cc1cc2c3c(c1)[Si](c1ccccc1)(c1ccccc1)c1cc(C)cc4c1B3c1c(cc(N3c5ccc(-c6ccccc6)cc5C5(C)CCCCC35C)cc1N4c1ccc(C(C)(C)C)cc1)N2c1ccc(C(C)(C)C)cc1. The van der Waals surface area contributed by atoms with Crippen LogP contribution in [0.1, 0.15) is 109 Å². The minimum absolute atomic E-state index is 0.00308. The van der Waals surface area contributed by atoms with Crippen molar-refractivity contribution in [2.75, 3.05) is 14.7 Å². The van der Waals surface area contributed by atoms with Crippen LogP contribution in [-0.4, -0.2) is 20.3 Å². The second-order valence-electron chi connectivity index (χ2n) is 25.8. The zero-order valence-corrected chi connectivity index (χ0v) is 47.7. The summed E-state index contributed by atoms with van der Waals surface area (Å²) in [5, 5.41) is 5.86. The van der Waals surface area contributed by atoms with Gasteiger partial charge in [0.25, 0.3) is 6.71 Å². The summed E-state index contributed by atoms with van der Waals surface area (Å²) in [6.45, 7) is 23.9. The maximum absolute atomic E-state index is 3.05. The van der Waals surface area contributed by atoms with Crippen LogP contribution in [0.2, 0.25) is 0 Å². The number of hydrogen-bond acceptors (Lipinski definition) is 3. The van der Waals surface area contributed by atoms with Gasteiger partial charge in [0, 0.05) is 50.9 Å². The van der Waals surface area contributed by atoms with E-state index in [-0.39, 0.29) is 28.5 Å². The fourth-order valence-corrected chi connectivity index (χ4v) is 20.8. The van der Waals surface area contributed by atoms with Crippen molar-refractivity contribution < 1.29 is 0 Å². The Bertz CT molecular complexity index is 3650. The summed E-state index contributed by atoms with van der Waals surface area (Å²) in [4.78, 5) is 8.23. The molecule has 0 amide bonds. The van der Waals surface area contributed by atoms with Crippen LogP contribution in [0.4, 0.5) is 45.5 Å². The number of aryl methyl sites for hydroxylation is 2. The van der Waals surface area contributed by atoms with Crippen molar-refractivity contribution in [3.8, 4) is 11.1 Å². The van der Waals surface area contributed by atoms with Gasteiger partial charge < -0.3 is 14.7 Å². The molecule has 9 aromatic rings. The van der Waals surface area contributed by atoms with Crippen molar-refractivity contribution >= 4 is 97.4 Å². The molecule has 0 N–H and O–H groups in total. The topological polar surface area (TPSA) is 9.72 Å². The van der Waals surface area contributed by atoms with Gasteiger partial charge in [0.2, 0.25) is 0 Å². The lowest BCUT2D eigenvalue weighted by Crippen LogP contribution is -2.88. The molecule has 1 fully saturated rings. The first kappa shape index (κ1) is 48.1. The molecule has 0 radical (unpaired) electrons. The smallest absolute Gasteiger partial charge is 0.251 e. The molecule has 77 heavy (non-hydrogen) atoms. The summed E-state index contributed by atoms with van der Waals surface area (Å²) in [7, 11) is -3.05. The first-order valence-corrected chi connectivity index (χ1v) is 30.4. The van der Waals surface area contributed by atoms with Gasteiger partial charge in [-0.25, -0.2) is 0 Å². The Morgan fingerprint density at radius 2 is 0.883 bits per heavy atom. The predicted octanol–water partition coefficient (Wildman–Crippen LogP) is 14.1. The quantitative estimate of drug-likeness (QED) is 0.154. The summed E-state index contributed by atoms with van der Waals surface area (Å²) < 4.78 is 0. The molecule has 4 heterocycles. The molecule has 0 spiro atoms. The third kappa shape index (κ3) is 6.81. The monoisotopic (exact) mass is 1020 g/mol. The molecule has 9 aromatic carbocycles. The van der Waals surface area contributed by atoms with E-state index >= 15 is 0 Å². The number of nitrogens with zero attached hydrogens (tertiary/aromatic N) is 3. The number of rotatable bonds is 6. The van der Waals surface area contributed by atoms with E-state index < -0.39 is 8.07 Å². The lowest BCUT2D eigenvalue weighted by Gasteiger charge is -2.53. The summed E-state index contributed by atoms with van der Waals surface area (Å²) in [6, 6.07) is 76.5. The third-order valence-corrected chi connectivity index (χ3v) is 24.1. The van der Waals surface area contributed by atoms with Gasteiger partial charge >= 0.3 is 0 Å². The van der Waals surface area contributed by atoms with Crippen LogP contribution in [0.5, 0.6) is 0 Å². The molecule has 4 aliphatic heterocycles. The van der Waals surface area contributed by atoms with Crippen molar-refractivity contribution in [2.24, 2.45) is 0 Å². The predicted molar refractivity (Wildman–Crippen MR) is 333 cm³/mol. The molecule has 14 rings (SSSR count). The van der Waals surface area contributed by atoms with Crippen LogP contribution >= 0.6 is 0 Å². The van der Waals surface area contributed by atoms with Crippen molar-refractivity contribution in [1.29, 1.82) is 0 Å². The first-order valence-electron chi connectivity index (χ1n) is 28.4. The normalized spacial score (nSPS) is 19.5. The summed E-state index contributed by atoms with van der Waals surface area (Å²) >= 11 is 0. The van der Waals surface area contributed by atoms with Crippen LogP contribution in [-0.2, 0) is 16.2 Å². The lowest BCUT2D eigenvalue weighted by atomic mass is 9.33. The van der Waals surface area contributed by atoms with Gasteiger partial charge in [-0.15, -0.1) is 0 Å². The number of fused-ring (bicyclic) bond motifs is 3. The molecular weight excluding hydrogens is 946 g/mol. The zero-order chi connectivity index (χ0) is 53.0. The average molecular weight is 1020 g/mol. The third-order valence-electron chi connectivity index (χ3n) is 19.2. The van der Waals surface area contributed by atoms with Crippen molar-refractivity contribution in [3.05, 3.63) is 222 Å². The van der Waals surface area contributed by atoms with E-state index in [4.69, 9.17) is 0 Å². The summed E-state index contributed by atoms with van der Waals surface area (Å²) in [6.07, 6.45) is 4.71. The molecule has 5 heteroatoms. The van der Waals surface area contributed by atoms with E-state index in [0.717, 1.165) is 12.8 Å². The van der Waals surface area contributed by atoms with Crippen LogP contribution in [0.25, 0.3) is 11.1 Å². The Labute approximate surface area is 459 Å². The van der Waals surface area contributed by atoms with Crippen molar-refractivity contribution in [3.63, 3.8) is 0 Å². The van der Waals surface area contributed by atoms with Crippen LogP contribution in [0.3, 0.4) is 0 Å². The molecule has 1 saturated carbocycles. The van der Waals surface area contributed by atoms with Crippen molar-refractivity contribution in [1.82, 2.24) is 0 Å². The average Bonchev–Trinajstić information content (AvgIpc) is 3.46. The first-order chi connectivity index (χ1) is 37.0. The van der Waals surface area contributed by atoms with Crippen LogP contribution in [0, 0.1) is 13.8 Å². The molecule has 1 aliphatic carbocycles. The molecule has 0 bridgehead atoms. The Balaban J connectivity index is 1.13. The van der Waals surface area contributed by atoms with Crippen molar-refractivity contribution in [2.45, 2.75) is 117 Å². The molecule has 2 atom stereocenters. The second kappa shape index (κ2) is 16.8. The fourth-order valence-electron chi connectivity index (χ4n) is 15.3. The Morgan fingerprint density at radius 3 is 1.36 bits per heavy atom. The maximum atomic E-state index is 2.83. The maximum Gasteiger partial charge on any atom is 0.251 e. The van der Waals surface area contributed by atoms with Gasteiger partial charge in [-0.2, -0.15) is 0 Å². The summed E-state index contributed by atoms with van der Waals surface area (Å²) in [5.41, 5.74) is 23.5. The van der Waals surface area contributed by atoms with E-state index in [1.54, 1.807) is 0 Å². The molecule has 5 aliphatic rings. The molecule has 380 valence electrons. The highest BCUT2D eigenvalue weighted by Crippen LogP contribution is 2.62. The second-order valence-corrected chi connectivity index (χ2v) is 29.5. The minimum Gasteiger partial charge on any atom is -0.334 e.